The summed E-state index contributed by atoms with van der Waals surface area (Å²) >= 11 is 0. The highest BCUT2D eigenvalue weighted by Crippen LogP contribution is 2.10. The number of hydrogen-bond acceptors (Lipinski definition) is 2. The zero-order chi connectivity index (χ0) is 11.5. The second-order valence-electron chi connectivity index (χ2n) is 3.44. The van der Waals surface area contributed by atoms with Gasteiger partial charge in [0, 0.05) is 6.54 Å². The van der Waals surface area contributed by atoms with Crippen molar-refractivity contribution < 1.29 is 9.90 Å². The Morgan fingerprint density at radius 1 is 1.31 bits per heavy atom. The molecular weight excluding hydrogens is 210 g/mol. The Balaban J connectivity index is 2.13. The van der Waals surface area contributed by atoms with E-state index < -0.39 is 6.09 Å². The summed E-state index contributed by atoms with van der Waals surface area (Å²) in [5.41, 5.74) is 2.21. The van der Waals surface area contributed by atoms with Crippen molar-refractivity contribution in [3.8, 4) is 0 Å². The summed E-state index contributed by atoms with van der Waals surface area (Å²) in [6, 6.07) is 5.48. The lowest BCUT2D eigenvalue weighted by Crippen LogP contribution is -2.23. The van der Waals surface area contributed by atoms with Crippen LogP contribution in [0.3, 0.4) is 0 Å². The van der Waals surface area contributed by atoms with Crippen molar-refractivity contribution in [2.24, 2.45) is 0 Å². The van der Waals surface area contributed by atoms with Crippen molar-refractivity contribution in [3.05, 3.63) is 34.2 Å². The Hall–Kier alpha value is -2.24. The Labute approximate surface area is 90.3 Å². The first-order valence-electron chi connectivity index (χ1n) is 4.83. The van der Waals surface area contributed by atoms with Gasteiger partial charge < -0.3 is 20.4 Å². The average Bonchev–Trinajstić information content (AvgIpc) is 2.56. The Morgan fingerprint density at radius 3 is 2.81 bits per heavy atom. The van der Waals surface area contributed by atoms with Crippen LogP contribution in [0, 0.1) is 0 Å². The molecule has 0 aliphatic rings. The Kier molecular flexibility index (Phi) is 2.63. The van der Waals surface area contributed by atoms with Gasteiger partial charge in [-0.05, 0) is 24.1 Å². The van der Waals surface area contributed by atoms with Crippen LogP contribution in [0.1, 0.15) is 5.56 Å². The predicted octanol–water partition coefficient (Wildman–Crippen LogP) is 0.666. The van der Waals surface area contributed by atoms with E-state index in [0.29, 0.717) is 13.0 Å². The second-order valence-corrected chi connectivity index (χ2v) is 3.44. The van der Waals surface area contributed by atoms with Crippen molar-refractivity contribution in [3.63, 3.8) is 0 Å². The summed E-state index contributed by atoms with van der Waals surface area (Å²) < 4.78 is 0. The van der Waals surface area contributed by atoms with Gasteiger partial charge in [0.15, 0.2) is 0 Å². The third kappa shape index (κ3) is 2.22. The number of hydrogen-bond donors (Lipinski definition) is 4. The first-order valence-corrected chi connectivity index (χ1v) is 4.83. The number of nitrogens with one attached hydrogen (secondary N) is 3. The quantitative estimate of drug-likeness (QED) is 0.613. The van der Waals surface area contributed by atoms with Gasteiger partial charge in [0.1, 0.15) is 0 Å². The van der Waals surface area contributed by atoms with E-state index in [1.54, 1.807) is 6.07 Å². The van der Waals surface area contributed by atoms with Gasteiger partial charge in [0.05, 0.1) is 11.0 Å². The summed E-state index contributed by atoms with van der Waals surface area (Å²) in [5, 5.41) is 10.7. The van der Waals surface area contributed by atoms with Gasteiger partial charge in [0.25, 0.3) is 0 Å². The maximum Gasteiger partial charge on any atom is 0.404 e. The molecule has 0 bridgehead atoms. The largest absolute Gasteiger partial charge is 0.465 e. The molecule has 0 aliphatic carbocycles. The standard InChI is InChI=1S/C10H11N3O3/c14-9-12-7-2-1-6(5-8(7)13-9)3-4-11-10(15)16/h1-2,5,11H,3-4H2,(H,15,16)(H2,12,13,14). The predicted molar refractivity (Wildman–Crippen MR) is 58.7 cm³/mol. The fourth-order valence-corrected chi connectivity index (χ4v) is 1.55. The van der Waals surface area contributed by atoms with Gasteiger partial charge in [0.2, 0.25) is 0 Å². The minimum absolute atomic E-state index is 0.240. The molecule has 6 heteroatoms. The molecule has 0 unspecified atom stereocenters. The molecule has 6 nitrogen and oxygen atoms in total. The number of H-pyrrole nitrogens is 2. The molecule has 1 amide bonds. The molecule has 2 aromatic rings. The van der Waals surface area contributed by atoms with E-state index >= 15 is 0 Å². The molecule has 0 saturated heterocycles. The van der Waals surface area contributed by atoms with Crippen molar-refractivity contribution in [1.82, 2.24) is 15.3 Å². The molecule has 0 radical (unpaired) electrons. The number of aromatic amines is 2. The summed E-state index contributed by atoms with van der Waals surface area (Å²) in [6.07, 6.45) is -0.439. The highest BCUT2D eigenvalue weighted by molar-refractivity contribution is 5.75. The lowest BCUT2D eigenvalue weighted by molar-refractivity contribution is 0.194. The van der Waals surface area contributed by atoms with Crippen molar-refractivity contribution in [1.29, 1.82) is 0 Å². The van der Waals surface area contributed by atoms with Crippen LogP contribution in [0.25, 0.3) is 11.0 Å². The molecule has 2 rings (SSSR count). The van der Waals surface area contributed by atoms with E-state index in [9.17, 15) is 9.59 Å². The summed E-state index contributed by atoms with van der Waals surface area (Å²) in [5.74, 6) is 0. The molecule has 0 saturated carbocycles. The monoisotopic (exact) mass is 221 g/mol. The summed E-state index contributed by atoms with van der Waals surface area (Å²) in [6.45, 7) is 0.357. The molecule has 0 atom stereocenters. The van der Waals surface area contributed by atoms with E-state index in [-0.39, 0.29) is 5.69 Å². The molecule has 0 spiro atoms. The maximum absolute atomic E-state index is 11.0. The zero-order valence-electron chi connectivity index (χ0n) is 8.41. The molecule has 0 fully saturated rings. The number of imidazole rings is 1. The van der Waals surface area contributed by atoms with Crippen molar-refractivity contribution in [2.45, 2.75) is 6.42 Å². The van der Waals surface area contributed by atoms with E-state index in [1.165, 1.54) is 0 Å². The third-order valence-corrected chi connectivity index (χ3v) is 2.27. The molecule has 1 heterocycles. The van der Waals surface area contributed by atoms with Gasteiger partial charge >= 0.3 is 11.8 Å². The first-order chi connectivity index (χ1) is 7.65. The summed E-state index contributed by atoms with van der Waals surface area (Å²) in [7, 11) is 0. The Morgan fingerprint density at radius 2 is 2.06 bits per heavy atom. The van der Waals surface area contributed by atoms with E-state index in [1.807, 2.05) is 12.1 Å². The van der Waals surface area contributed by atoms with Gasteiger partial charge in [-0.15, -0.1) is 0 Å². The third-order valence-electron chi connectivity index (χ3n) is 2.27. The average molecular weight is 221 g/mol. The lowest BCUT2D eigenvalue weighted by Gasteiger charge is -2.01. The van der Waals surface area contributed by atoms with Crippen molar-refractivity contribution in [2.75, 3.05) is 6.54 Å². The van der Waals surface area contributed by atoms with Crippen LogP contribution in [0.4, 0.5) is 4.79 Å². The second kappa shape index (κ2) is 4.09. The zero-order valence-corrected chi connectivity index (χ0v) is 8.41. The summed E-state index contributed by atoms with van der Waals surface area (Å²) in [4.78, 5) is 26.5. The smallest absolute Gasteiger partial charge is 0.404 e. The SMILES string of the molecule is O=C(O)NCCc1ccc2[nH]c(=O)[nH]c2c1. The molecule has 1 aromatic heterocycles. The number of amides is 1. The van der Waals surface area contributed by atoms with Gasteiger partial charge in [-0.1, -0.05) is 6.07 Å². The van der Waals surface area contributed by atoms with Crippen LogP contribution in [0.2, 0.25) is 0 Å². The van der Waals surface area contributed by atoms with E-state index in [2.05, 4.69) is 15.3 Å². The number of fused-ring (bicyclic) bond motifs is 1. The van der Waals surface area contributed by atoms with Gasteiger partial charge in [-0.25, -0.2) is 9.59 Å². The number of carbonyl (C=O) groups is 1. The van der Waals surface area contributed by atoms with Gasteiger partial charge in [-0.3, -0.25) is 0 Å². The first kappa shape index (κ1) is 10.3. The van der Waals surface area contributed by atoms with E-state index in [0.717, 1.165) is 16.6 Å². The van der Waals surface area contributed by atoms with Crippen LogP contribution in [-0.2, 0) is 6.42 Å². The van der Waals surface area contributed by atoms with Crippen LogP contribution in [0.5, 0.6) is 0 Å². The number of aromatic nitrogens is 2. The molecule has 4 N–H and O–H groups in total. The number of benzene rings is 1. The molecule has 84 valence electrons. The molecule has 0 aliphatic heterocycles. The van der Waals surface area contributed by atoms with Crippen molar-refractivity contribution >= 4 is 17.1 Å². The fraction of sp³-hybridized carbons (Fsp3) is 0.200. The number of rotatable bonds is 3. The maximum atomic E-state index is 11.0. The number of carboxylic acid groups (broad SMARTS) is 1. The highest BCUT2D eigenvalue weighted by Gasteiger charge is 2.00. The molecular formula is C10H11N3O3. The minimum Gasteiger partial charge on any atom is -0.465 e. The van der Waals surface area contributed by atoms with Crippen LogP contribution >= 0.6 is 0 Å². The minimum atomic E-state index is -1.03. The molecule has 16 heavy (non-hydrogen) atoms. The van der Waals surface area contributed by atoms with Gasteiger partial charge in [-0.2, -0.15) is 0 Å². The highest BCUT2D eigenvalue weighted by atomic mass is 16.4. The Bertz CT molecular complexity index is 570. The fourth-order valence-electron chi connectivity index (χ4n) is 1.55. The molecule has 1 aromatic carbocycles. The van der Waals surface area contributed by atoms with Crippen LogP contribution in [-0.4, -0.2) is 27.7 Å². The van der Waals surface area contributed by atoms with Crippen LogP contribution < -0.4 is 11.0 Å². The van der Waals surface area contributed by atoms with Crippen LogP contribution in [0.15, 0.2) is 23.0 Å². The van der Waals surface area contributed by atoms with E-state index in [4.69, 9.17) is 5.11 Å². The normalized spacial score (nSPS) is 10.5. The lowest BCUT2D eigenvalue weighted by atomic mass is 10.1. The topological polar surface area (TPSA) is 98.0 Å².